The third kappa shape index (κ3) is 5.30. The first-order valence-corrected chi connectivity index (χ1v) is 8.53. The van der Waals surface area contributed by atoms with Gasteiger partial charge in [-0.3, -0.25) is 0 Å². The number of nitrogens with zero attached hydrogens (tertiary/aromatic N) is 1. The van der Waals surface area contributed by atoms with Crippen molar-refractivity contribution in [1.29, 1.82) is 0 Å². The average molecular weight is 444 g/mol. The van der Waals surface area contributed by atoms with E-state index in [9.17, 15) is 18.0 Å². The topological polar surface area (TPSA) is 77.2 Å². The number of nitrogens with two attached hydrogens (primary N) is 1. The standard InChI is InChI=1S/C18H17BrF3N3O2/c1-10(25-13-5-3-4-12(8-13)18(20,21)22)15(17(26)27-2)16(23)11-6-7-14(19)24-9-11/h3-9,16,25H,23H2,1-2H3/b15-10+. The Kier molecular flexibility index (Phi) is 6.61. The second kappa shape index (κ2) is 8.53. The van der Waals surface area contributed by atoms with E-state index < -0.39 is 23.8 Å². The molecule has 0 saturated carbocycles. The van der Waals surface area contributed by atoms with E-state index in [0.29, 0.717) is 10.2 Å². The molecule has 0 aliphatic heterocycles. The van der Waals surface area contributed by atoms with Gasteiger partial charge in [-0.2, -0.15) is 13.2 Å². The zero-order chi connectivity index (χ0) is 20.2. The van der Waals surface area contributed by atoms with Gasteiger partial charge in [-0.15, -0.1) is 0 Å². The van der Waals surface area contributed by atoms with E-state index in [1.54, 1.807) is 19.1 Å². The molecule has 27 heavy (non-hydrogen) atoms. The fourth-order valence-corrected chi connectivity index (χ4v) is 2.65. The summed E-state index contributed by atoms with van der Waals surface area (Å²) >= 11 is 3.21. The van der Waals surface area contributed by atoms with Crippen molar-refractivity contribution in [3.8, 4) is 0 Å². The molecule has 0 aliphatic carbocycles. The van der Waals surface area contributed by atoms with Crippen molar-refractivity contribution in [3.05, 3.63) is 69.6 Å². The number of esters is 1. The summed E-state index contributed by atoms with van der Waals surface area (Å²) in [6.07, 6.45) is -2.98. The molecule has 1 heterocycles. The number of anilines is 1. The lowest BCUT2D eigenvalue weighted by atomic mass is 9.99. The van der Waals surface area contributed by atoms with Crippen molar-refractivity contribution in [3.63, 3.8) is 0 Å². The van der Waals surface area contributed by atoms with Crippen LogP contribution in [-0.4, -0.2) is 18.1 Å². The van der Waals surface area contributed by atoms with Crippen molar-refractivity contribution >= 4 is 27.6 Å². The molecule has 5 nitrogen and oxygen atoms in total. The first-order valence-electron chi connectivity index (χ1n) is 7.74. The van der Waals surface area contributed by atoms with Crippen LogP contribution in [0.2, 0.25) is 0 Å². The number of hydrogen-bond acceptors (Lipinski definition) is 5. The number of ether oxygens (including phenoxy) is 1. The quantitative estimate of drug-likeness (QED) is 0.406. The predicted octanol–water partition coefficient (Wildman–Crippen LogP) is 4.42. The SMILES string of the molecule is COC(=O)/C(=C(\C)Nc1cccc(C(F)(F)F)c1)C(N)c1ccc(Br)nc1. The molecule has 1 aromatic heterocycles. The van der Waals surface area contributed by atoms with Crippen LogP contribution in [-0.2, 0) is 15.7 Å². The lowest BCUT2D eigenvalue weighted by Gasteiger charge is -2.19. The molecular weight excluding hydrogens is 427 g/mol. The number of aromatic nitrogens is 1. The summed E-state index contributed by atoms with van der Waals surface area (Å²) in [6.45, 7) is 1.54. The smallest absolute Gasteiger partial charge is 0.416 e. The monoisotopic (exact) mass is 443 g/mol. The predicted molar refractivity (Wildman–Crippen MR) is 98.6 cm³/mol. The number of carbonyl (C=O) groups excluding carboxylic acids is 1. The Balaban J connectivity index is 2.40. The van der Waals surface area contributed by atoms with E-state index in [4.69, 9.17) is 10.5 Å². The van der Waals surface area contributed by atoms with Crippen LogP contribution in [0.15, 0.2) is 58.5 Å². The Morgan fingerprint density at radius 1 is 1.30 bits per heavy atom. The van der Waals surface area contributed by atoms with E-state index in [0.717, 1.165) is 12.1 Å². The van der Waals surface area contributed by atoms with Gasteiger partial charge in [0.25, 0.3) is 0 Å². The highest BCUT2D eigenvalue weighted by Crippen LogP contribution is 2.31. The highest BCUT2D eigenvalue weighted by atomic mass is 79.9. The number of carbonyl (C=O) groups is 1. The third-order valence-electron chi connectivity index (χ3n) is 3.75. The first-order chi connectivity index (χ1) is 12.6. The molecule has 9 heteroatoms. The van der Waals surface area contributed by atoms with E-state index >= 15 is 0 Å². The molecule has 2 aromatic rings. The van der Waals surface area contributed by atoms with E-state index in [1.807, 2.05) is 0 Å². The maximum atomic E-state index is 12.9. The number of methoxy groups -OCH3 is 1. The Hall–Kier alpha value is -2.39. The molecule has 1 aromatic carbocycles. The number of hydrogen-bond donors (Lipinski definition) is 2. The summed E-state index contributed by atoms with van der Waals surface area (Å²) < 4.78 is 44.0. The first kappa shape index (κ1) is 20.9. The number of halogens is 4. The van der Waals surface area contributed by atoms with Crippen LogP contribution in [0.25, 0.3) is 0 Å². The largest absolute Gasteiger partial charge is 0.466 e. The number of nitrogens with one attached hydrogen (secondary N) is 1. The van der Waals surface area contributed by atoms with Gasteiger partial charge in [-0.1, -0.05) is 12.1 Å². The highest BCUT2D eigenvalue weighted by molar-refractivity contribution is 9.10. The fourth-order valence-electron chi connectivity index (χ4n) is 2.42. The van der Waals surface area contributed by atoms with Gasteiger partial charge in [0.05, 0.1) is 24.3 Å². The van der Waals surface area contributed by atoms with Gasteiger partial charge >= 0.3 is 12.1 Å². The lowest BCUT2D eigenvalue weighted by molar-refractivity contribution is -0.138. The third-order valence-corrected chi connectivity index (χ3v) is 4.22. The summed E-state index contributed by atoms with van der Waals surface area (Å²) in [4.78, 5) is 16.3. The van der Waals surface area contributed by atoms with Gasteiger partial charge < -0.3 is 15.8 Å². The molecule has 0 saturated heterocycles. The van der Waals surface area contributed by atoms with Crippen LogP contribution in [0, 0.1) is 0 Å². The molecule has 0 bridgehead atoms. The zero-order valence-corrected chi connectivity index (χ0v) is 16.1. The number of rotatable bonds is 5. The molecule has 1 atom stereocenters. The minimum absolute atomic E-state index is 0.0824. The number of pyridine rings is 1. The lowest BCUT2D eigenvalue weighted by Crippen LogP contribution is -2.23. The number of alkyl halides is 3. The zero-order valence-electron chi connectivity index (χ0n) is 14.5. The van der Waals surface area contributed by atoms with Crippen LogP contribution >= 0.6 is 15.9 Å². The molecular formula is C18H17BrF3N3O2. The fraction of sp³-hybridized carbons (Fsp3) is 0.222. The van der Waals surface area contributed by atoms with Crippen LogP contribution < -0.4 is 11.1 Å². The summed E-state index contributed by atoms with van der Waals surface area (Å²) in [5.41, 5.74) is 6.45. The Morgan fingerprint density at radius 2 is 2.00 bits per heavy atom. The minimum atomic E-state index is -4.47. The maximum absolute atomic E-state index is 12.9. The maximum Gasteiger partial charge on any atom is 0.416 e. The van der Waals surface area contributed by atoms with E-state index in [2.05, 4.69) is 26.2 Å². The number of benzene rings is 1. The second-order valence-corrected chi connectivity index (χ2v) is 6.44. The molecule has 2 rings (SSSR count). The molecule has 0 spiro atoms. The van der Waals surface area contributed by atoms with Gasteiger partial charge in [-0.05, 0) is 52.7 Å². The normalized spacial score (nSPS) is 13.6. The molecule has 0 aliphatic rings. The Bertz CT molecular complexity index is 852. The molecule has 0 radical (unpaired) electrons. The number of allylic oxidation sites excluding steroid dienone is 1. The molecule has 3 N–H and O–H groups in total. The average Bonchev–Trinajstić information content (AvgIpc) is 2.61. The molecule has 1 unspecified atom stereocenters. The van der Waals surface area contributed by atoms with Crippen LogP contribution in [0.3, 0.4) is 0 Å². The second-order valence-electron chi connectivity index (χ2n) is 5.63. The van der Waals surface area contributed by atoms with Gasteiger partial charge in [0.2, 0.25) is 0 Å². The van der Waals surface area contributed by atoms with Crippen molar-refractivity contribution < 1.29 is 22.7 Å². The minimum Gasteiger partial charge on any atom is -0.466 e. The molecule has 0 amide bonds. The highest BCUT2D eigenvalue weighted by Gasteiger charge is 2.30. The Morgan fingerprint density at radius 3 is 2.56 bits per heavy atom. The summed E-state index contributed by atoms with van der Waals surface area (Å²) in [6, 6.07) is 7.11. The van der Waals surface area contributed by atoms with Crippen molar-refractivity contribution in [2.75, 3.05) is 12.4 Å². The van der Waals surface area contributed by atoms with Gasteiger partial charge in [-0.25, -0.2) is 9.78 Å². The summed E-state index contributed by atoms with van der Waals surface area (Å²) in [5.74, 6) is -0.692. The summed E-state index contributed by atoms with van der Waals surface area (Å²) in [5, 5.41) is 2.80. The van der Waals surface area contributed by atoms with Gasteiger partial charge in [0, 0.05) is 17.6 Å². The molecule has 0 fully saturated rings. The van der Waals surface area contributed by atoms with Crippen molar-refractivity contribution in [1.82, 2.24) is 4.98 Å². The summed E-state index contributed by atoms with van der Waals surface area (Å²) in [7, 11) is 1.20. The van der Waals surface area contributed by atoms with E-state index in [1.165, 1.54) is 25.4 Å². The van der Waals surface area contributed by atoms with Crippen molar-refractivity contribution in [2.24, 2.45) is 5.73 Å². The van der Waals surface area contributed by atoms with Crippen LogP contribution in [0.5, 0.6) is 0 Å². The van der Waals surface area contributed by atoms with Crippen LogP contribution in [0.1, 0.15) is 24.1 Å². The van der Waals surface area contributed by atoms with Crippen LogP contribution in [0.4, 0.5) is 18.9 Å². The van der Waals surface area contributed by atoms with E-state index in [-0.39, 0.29) is 17.0 Å². The Labute approximate surface area is 162 Å². The van der Waals surface area contributed by atoms with Gasteiger partial charge in [0.15, 0.2) is 0 Å². The van der Waals surface area contributed by atoms with Gasteiger partial charge in [0.1, 0.15) is 4.60 Å². The molecule has 144 valence electrons. The van der Waals surface area contributed by atoms with Crippen molar-refractivity contribution in [2.45, 2.75) is 19.1 Å².